The van der Waals surface area contributed by atoms with Crippen molar-refractivity contribution in [2.45, 2.75) is 90.6 Å². The minimum atomic E-state index is 0.494. The molecule has 0 radical (unpaired) electrons. The Hall–Kier alpha value is -0.0800. The van der Waals surface area contributed by atoms with Crippen molar-refractivity contribution in [1.82, 2.24) is 10.2 Å². The van der Waals surface area contributed by atoms with Gasteiger partial charge in [0.1, 0.15) is 0 Å². The van der Waals surface area contributed by atoms with Crippen molar-refractivity contribution in [3.63, 3.8) is 0 Å². The van der Waals surface area contributed by atoms with Crippen LogP contribution in [0.3, 0.4) is 0 Å². The van der Waals surface area contributed by atoms with Gasteiger partial charge in [-0.3, -0.25) is 4.90 Å². The maximum atomic E-state index is 3.90. The van der Waals surface area contributed by atoms with Crippen LogP contribution in [-0.2, 0) is 0 Å². The molecule has 0 bridgehead atoms. The van der Waals surface area contributed by atoms with Gasteiger partial charge in [0.2, 0.25) is 0 Å². The second-order valence-corrected chi connectivity index (χ2v) is 8.29. The summed E-state index contributed by atoms with van der Waals surface area (Å²) in [6.45, 7) is 13.3. The first-order valence-electron chi connectivity index (χ1n) is 9.54. The summed E-state index contributed by atoms with van der Waals surface area (Å²) in [6, 6.07) is 0.714. The van der Waals surface area contributed by atoms with E-state index in [1.54, 1.807) is 0 Å². The maximum absolute atomic E-state index is 3.90. The second-order valence-electron chi connectivity index (χ2n) is 8.29. The monoisotopic (exact) mass is 294 g/mol. The fraction of sp³-hybridized carbons (Fsp3) is 1.00. The normalized spacial score (nSPS) is 28.1. The van der Waals surface area contributed by atoms with Crippen molar-refractivity contribution in [3.05, 3.63) is 0 Å². The molecule has 0 aromatic carbocycles. The van der Waals surface area contributed by atoms with Crippen LogP contribution in [0.1, 0.15) is 79.1 Å². The summed E-state index contributed by atoms with van der Waals surface area (Å²) in [5.74, 6) is 1.66. The van der Waals surface area contributed by atoms with Crippen molar-refractivity contribution in [3.8, 4) is 0 Å². The fourth-order valence-corrected chi connectivity index (χ4v) is 4.63. The molecule has 0 aromatic rings. The van der Waals surface area contributed by atoms with Crippen molar-refractivity contribution in [2.75, 3.05) is 19.6 Å². The van der Waals surface area contributed by atoms with Gasteiger partial charge >= 0.3 is 0 Å². The van der Waals surface area contributed by atoms with Gasteiger partial charge in [0, 0.05) is 31.2 Å². The molecular weight excluding hydrogens is 256 g/mol. The number of rotatable bonds is 6. The Morgan fingerprint density at radius 3 is 2.48 bits per heavy atom. The summed E-state index contributed by atoms with van der Waals surface area (Å²) in [5, 5.41) is 3.90. The van der Waals surface area contributed by atoms with E-state index in [2.05, 4.69) is 37.9 Å². The highest BCUT2D eigenvalue weighted by Gasteiger charge is 2.42. The van der Waals surface area contributed by atoms with Crippen LogP contribution in [0, 0.1) is 11.8 Å². The van der Waals surface area contributed by atoms with E-state index in [4.69, 9.17) is 0 Å². The number of nitrogens with one attached hydrogen (secondary N) is 1. The quantitative estimate of drug-likeness (QED) is 0.779. The van der Waals surface area contributed by atoms with Crippen molar-refractivity contribution in [1.29, 1.82) is 0 Å². The van der Waals surface area contributed by atoms with E-state index < -0.39 is 0 Å². The molecule has 21 heavy (non-hydrogen) atoms. The Balaban J connectivity index is 2.02. The van der Waals surface area contributed by atoms with Crippen LogP contribution in [0.2, 0.25) is 0 Å². The first-order chi connectivity index (χ1) is 10.1. The lowest BCUT2D eigenvalue weighted by Crippen LogP contribution is -2.66. The van der Waals surface area contributed by atoms with Crippen molar-refractivity contribution in [2.24, 2.45) is 11.8 Å². The molecule has 0 amide bonds. The zero-order valence-corrected chi connectivity index (χ0v) is 15.0. The molecule has 2 atom stereocenters. The molecule has 2 aliphatic rings. The van der Waals surface area contributed by atoms with Crippen LogP contribution in [0.15, 0.2) is 0 Å². The highest BCUT2D eigenvalue weighted by molar-refractivity contribution is 5.01. The van der Waals surface area contributed by atoms with Gasteiger partial charge in [-0.25, -0.2) is 0 Å². The van der Waals surface area contributed by atoms with E-state index in [-0.39, 0.29) is 0 Å². The summed E-state index contributed by atoms with van der Waals surface area (Å²) >= 11 is 0. The maximum Gasteiger partial charge on any atom is 0.0334 e. The topological polar surface area (TPSA) is 15.3 Å². The van der Waals surface area contributed by atoms with E-state index in [9.17, 15) is 0 Å². The van der Waals surface area contributed by atoms with Crippen LogP contribution < -0.4 is 5.32 Å². The Labute approximate surface area is 133 Å². The molecule has 2 unspecified atom stereocenters. The van der Waals surface area contributed by atoms with Crippen LogP contribution in [0.25, 0.3) is 0 Å². The van der Waals surface area contributed by atoms with Gasteiger partial charge in [-0.15, -0.1) is 0 Å². The fourth-order valence-electron chi connectivity index (χ4n) is 4.63. The molecule has 1 aliphatic carbocycles. The van der Waals surface area contributed by atoms with Gasteiger partial charge in [-0.1, -0.05) is 53.4 Å². The van der Waals surface area contributed by atoms with E-state index in [0.717, 1.165) is 11.8 Å². The Morgan fingerprint density at radius 1 is 1.14 bits per heavy atom. The van der Waals surface area contributed by atoms with Crippen LogP contribution >= 0.6 is 0 Å². The number of hydrogen-bond acceptors (Lipinski definition) is 2. The largest absolute Gasteiger partial charge is 0.311 e. The number of hydrogen-bond donors (Lipinski definition) is 1. The molecule has 2 heteroatoms. The minimum absolute atomic E-state index is 0.494. The second kappa shape index (κ2) is 7.97. The minimum Gasteiger partial charge on any atom is -0.311 e. The van der Waals surface area contributed by atoms with Gasteiger partial charge in [-0.2, -0.15) is 0 Å². The summed E-state index contributed by atoms with van der Waals surface area (Å²) < 4.78 is 0. The van der Waals surface area contributed by atoms with E-state index in [1.807, 2.05) is 0 Å². The third-order valence-electron chi connectivity index (χ3n) is 5.69. The van der Waals surface area contributed by atoms with Gasteiger partial charge in [0.25, 0.3) is 0 Å². The lowest BCUT2D eigenvalue weighted by atomic mass is 9.77. The number of piperazine rings is 1. The molecule has 124 valence electrons. The predicted molar refractivity (Wildman–Crippen MR) is 92.7 cm³/mol. The van der Waals surface area contributed by atoms with Crippen LogP contribution in [0.5, 0.6) is 0 Å². The molecule has 1 aliphatic heterocycles. The van der Waals surface area contributed by atoms with Gasteiger partial charge in [0.05, 0.1) is 0 Å². The highest BCUT2D eigenvalue weighted by Crippen LogP contribution is 2.36. The summed E-state index contributed by atoms with van der Waals surface area (Å²) in [6.07, 6.45) is 11.2. The Kier molecular flexibility index (Phi) is 6.55. The van der Waals surface area contributed by atoms with Crippen molar-refractivity contribution < 1.29 is 0 Å². The third-order valence-corrected chi connectivity index (χ3v) is 5.69. The highest BCUT2D eigenvalue weighted by atomic mass is 15.3. The molecule has 2 nitrogen and oxygen atoms in total. The lowest BCUT2D eigenvalue weighted by molar-refractivity contribution is -0.00350. The molecule has 1 saturated heterocycles. The Bertz CT molecular complexity index is 294. The summed E-state index contributed by atoms with van der Waals surface area (Å²) in [5.41, 5.74) is 0.494. The molecular formula is C19H38N2. The zero-order chi connectivity index (χ0) is 15.3. The van der Waals surface area contributed by atoms with Gasteiger partial charge in [-0.05, 0) is 37.5 Å². The molecule has 0 aromatic heterocycles. The van der Waals surface area contributed by atoms with Gasteiger partial charge in [0.15, 0.2) is 0 Å². The standard InChI is InChI=1S/C19H38N2/c1-5-9-17(4)13-21-14-18(12-16(2)3)20-15-19(21)10-7-6-8-11-19/h16-18,20H,5-15H2,1-4H3. The van der Waals surface area contributed by atoms with Crippen molar-refractivity contribution >= 4 is 0 Å². The van der Waals surface area contributed by atoms with Crippen LogP contribution in [-0.4, -0.2) is 36.1 Å². The summed E-state index contributed by atoms with van der Waals surface area (Å²) in [4.78, 5) is 2.91. The first-order valence-corrected chi connectivity index (χ1v) is 9.54. The smallest absolute Gasteiger partial charge is 0.0334 e. The first kappa shape index (κ1) is 17.3. The molecule has 1 heterocycles. The zero-order valence-electron chi connectivity index (χ0n) is 15.0. The van der Waals surface area contributed by atoms with Crippen LogP contribution in [0.4, 0.5) is 0 Å². The Morgan fingerprint density at radius 2 is 1.86 bits per heavy atom. The average Bonchev–Trinajstić information content (AvgIpc) is 2.44. The van der Waals surface area contributed by atoms with E-state index in [0.29, 0.717) is 11.6 Å². The average molecular weight is 295 g/mol. The predicted octanol–water partition coefficient (Wildman–Crippen LogP) is 4.45. The lowest BCUT2D eigenvalue weighted by Gasteiger charge is -2.53. The SMILES string of the molecule is CCCC(C)CN1CC(CC(C)C)NCC12CCCCC2. The molecule has 2 rings (SSSR count). The molecule has 2 fully saturated rings. The summed E-state index contributed by atoms with van der Waals surface area (Å²) in [7, 11) is 0. The molecule has 1 saturated carbocycles. The van der Waals surface area contributed by atoms with E-state index >= 15 is 0 Å². The number of nitrogens with zero attached hydrogens (tertiary/aromatic N) is 1. The molecule has 1 spiro atoms. The van der Waals surface area contributed by atoms with Gasteiger partial charge < -0.3 is 5.32 Å². The third kappa shape index (κ3) is 4.69. The van der Waals surface area contributed by atoms with E-state index in [1.165, 1.54) is 71.0 Å². The molecule has 1 N–H and O–H groups in total.